The van der Waals surface area contributed by atoms with E-state index >= 15 is 0 Å². The summed E-state index contributed by atoms with van der Waals surface area (Å²) in [7, 11) is 0. The number of amides is 3. The largest absolute Gasteiger partial charge is 0.480 e. The van der Waals surface area contributed by atoms with Crippen molar-refractivity contribution < 1.29 is 24.3 Å². The van der Waals surface area contributed by atoms with Gasteiger partial charge in [-0.1, -0.05) is 18.2 Å². The van der Waals surface area contributed by atoms with E-state index in [-0.39, 0.29) is 12.8 Å². The maximum Gasteiger partial charge on any atom is 0.326 e. The van der Waals surface area contributed by atoms with Gasteiger partial charge in [0, 0.05) is 23.5 Å². The van der Waals surface area contributed by atoms with Gasteiger partial charge in [-0.2, -0.15) is 0 Å². The third kappa shape index (κ3) is 7.56. The van der Waals surface area contributed by atoms with Crippen molar-refractivity contribution >= 4 is 34.6 Å². The molecule has 0 spiro atoms. The van der Waals surface area contributed by atoms with Crippen LogP contribution in [-0.2, 0) is 25.6 Å². The normalized spacial score (nSPS) is 14.6. The molecule has 0 fully saturated rings. The summed E-state index contributed by atoms with van der Waals surface area (Å²) < 4.78 is 0. The first-order chi connectivity index (χ1) is 16.1. The van der Waals surface area contributed by atoms with Crippen molar-refractivity contribution in [1.29, 1.82) is 0 Å². The standard InChI is InChI=1S/C23H34N6O5/c1-13(25)20(30)27-14(2)21(31)29-19(11-15-12-26-17-8-4-3-7-16(15)17)22(32)28-18(23(33)34)9-5-6-10-24/h3-4,7-8,12-14,18-19,26H,5-6,9-11,24-25H2,1-2H3,(H,27,30)(H,28,32)(H,29,31)(H,33,34). The number of carbonyl (C=O) groups is 4. The molecule has 34 heavy (non-hydrogen) atoms. The van der Waals surface area contributed by atoms with Crippen LogP contribution in [0, 0.1) is 0 Å². The second kappa shape index (κ2) is 12.7. The SMILES string of the molecule is CC(N)C(=O)NC(C)C(=O)NC(Cc1c[nH]c2ccccc12)C(=O)NC(CCCCN)C(=O)O. The molecule has 9 N–H and O–H groups in total. The molecule has 0 bridgehead atoms. The number of para-hydroxylation sites is 1. The van der Waals surface area contributed by atoms with E-state index in [0.29, 0.717) is 19.4 Å². The van der Waals surface area contributed by atoms with Gasteiger partial charge >= 0.3 is 5.97 Å². The van der Waals surface area contributed by atoms with Crippen LogP contribution in [0.1, 0.15) is 38.7 Å². The fourth-order valence-corrected chi connectivity index (χ4v) is 3.46. The summed E-state index contributed by atoms with van der Waals surface area (Å²) in [5.41, 5.74) is 12.7. The van der Waals surface area contributed by atoms with Crippen LogP contribution in [0.25, 0.3) is 10.9 Å². The molecule has 4 unspecified atom stereocenters. The Hall–Kier alpha value is -3.44. The molecular formula is C23H34N6O5. The average Bonchev–Trinajstić information content (AvgIpc) is 3.20. The van der Waals surface area contributed by atoms with Gasteiger partial charge < -0.3 is 37.5 Å². The Bertz CT molecular complexity index is 1000. The van der Waals surface area contributed by atoms with Crippen molar-refractivity contribution in [1.82, 2.24) is 20.9 Å². The summed E-state index contributed by atoms with van der Waals surface area (Å²) in [4.78, 5) is 52.5. The quantitative estimate of drug-likeness (QED) is 0.194. The lowest BCUT2D eigenvalue weighted by atomic mass is 10.0. The molecule has 0 radical (unpaired) electrons. The number of aliphatic carboxylic acids is 1. The highest BCUT2D eigenvalue weighted by atomic mass is 16.4. The number of aromatic amines is 1. The van der Waals surface area contributed by atoms with Crippen LogP contribution < -0.4 is 27.4 Å². The zero-order valence-corrected chi connectivity index (χ0v) is 19.5. The van der Waals surface area contributed by atoms with E-state index in [1.807, 2.05) is 24.3 Å². The number of carboxylic acids is 1. The number of unbranched alkanes of at least 4 members (excludes halogenated alkanes) is 1. The summed E-state index contributed by atoms with van der Waals surface area (Å²) in [6.45, 7) is 3.39. The molecule has 2 aromatic rings. The molecule has 0 aliphatic rings. The summed E-state index contributed by atoms with van der Waals surface area (Å²) in [5.74, 6) is -2.90. The summed E-state index contributed by atoms with van der Waals surface area (Å²) in [6, 6.07) is 3.57. The number of aromatic nitrogens is 1. The van der Waals surface area contributed by atoms with Crippen molar-refractivity contribution in [3.8, 4) is 0 Å². The Morgan fingerprint density at radius 1 is 0.971 bits per heavy atom. The van der Waals surface area contributed by atoms with Crippen LogP contribution >= 0.6 is 0 Å². The molecule has 3 amide bonds. The van der Waals surface area contributed by atoms with Crippen LogP contribution in [-0.4, -0.2) is 64.5 Å². The minimum atomic E-state index is -1.17. The van der Waals surface area contributed by atoms with Gasteiger partial charge in [0.15, 0.2) is 0 Å². The average molecular weight is 475 g/mol. The first-order valence-corrected chi connectivity index (χ1v) is 11.3. The zero-order chi connectivity index (χ0) is 25.3. The number of carboxylic acid groups (broad SMARTS) is 1. The maximum atomic E-state index is 13.1. The van der Waals surface area contributed by atoms with Crippen LogP contribution in [0.2, 0.25) is 0 Å². The molecule has 0 aliphatic carbocycles. The van der Waals surface area contributed by atoms with Gasteiger partial charge in [-0.3, -0.25) is 14.4 Å². The molecule has 1 aromatic carbocycles. The van der Waals surface area contributed by atoms with E-state index in [4.69, 9.17) is 11.5 Å². The second-order valence-electron chi connectivity index (χ2n) is 8.33. The van der Waals surface area contributed by atoms with E-state index in [9.17, 15) is 24.3 Å². The van der Waals surface area contributed by atoms with Crippen LogP contribution in [0.3, 0.4) is 0 Å². The van der Waals surface area contributed by atoms with Crippen LogP contribution in [0.5, 0.6) is 0 Å². The van der Waals surface area contributed by atoms with Gasteiger partial charge in [0.1, 0.15) is 18.1 Å². The van der Waals surface area contributed by atoms with Crippen molar-refractivity contribution in [2.24, 2.45) is 11.5 Å². The summed E-state index contributed by atoms with van der Waals surface area (Å²) >= 11 is 0. The Kier molecular flexibility index (Phi) is 10.0. The number of hydrogen-bond donors (Lipinski definition) is 7. The molecule has 2 rings (SSSR count). The van der Waals surface area contributed by atoms with Gasteiger partial charge in [0.05, 0.1) is 6.04 Å². The van der Waals surface area contributed by atoms with Crippen molar-refractivity contribution in [2.75, 3.05) is 6.54 Å². The van der Waals surface area contributed by atoms with Gasteiger partial charge in [-0.25, -0.2) is 4.79 Å². The number of nitrogens with one attached hydrogen (secondary N) is 4. The number of H-pyrrole nitrogens is 1. The number of carbonyl (C=O) groups excluding carboxylic acids is 3. The molecule has 1 aromatic heterocycles. The number of benzene rings is 1. The fraction of sp³-hybridized carbons (Fsp3) is 0.478. The fourth-order valence-electron chi connectivity index (χ4n) is 3.46. The zero-order valence-electron chi connectivity index (χ0n) is 19.5. The van der Waals surface area contributed by atoms with Crippen LogP contribution in [0.4, 0.5) is 0 Å². The monoisotopic (exact) mass is 474 g/mol. The van der Waals surface area contributed by atoms with E-state index in [1.54, 1.807) is 6.20 Å². The Morgan fingerprint density at radius 3 is 2.29 bits per heavy atom. The molecule has 11 heteroatoms. The first-order valence-electron chi connectivity index (χ1n) is 11.3. The molecule has 1 heterocycles. The maximum absolute atomic E-state index is 13.1. The Balaban J connectivity index is 2.21. The smallest absolute Gasteiger partial charge is 0.326 e. The third-order valence-electron chi connectivity index (χ3n) is 5.46. The molecule has 0 saturated heterocycles. The molecular weight excluding hydrogens is 440 g/mol. The summed E-state index contributed by atoms with van der Waals surface area (Å²) in [6.07, 6.45) is 3.24. The molecule has 11 nitrogen and oxygen atoms in total. The molecule has 186 valence electrons. The van der Waals surface area contributed by atoms with E-state index in [2.05, 4.69) is 20.9 Å². The highest BCUT2D eigenvalue weighted by Crippen LogP contribution is 2.19. The van der Waals surface area contributed by atoms with E-state index in [0.717, 1.165) is 16.5 Å². The summed E-state index contributed by atoms with van der Waals surface area (Å²) in [5, 5.41) is 18.1. The minimum Gasteiger partial charge on any atom is -0.480 e. The van der Waals surface area contributed by atoms with Gasteiger partial charge in [-0.15, -0.1) is 0 Å². The number of hydrogen-bond acceptors (Lipinski definition) is 6. The lowest BCUT2D eigenvalue weighted by Gasteiger charge is -2.23. The number of fused-ring (bicyclic) bond motifs is 1. The lowest BCUT2D eigenvalue weighted by Crippen LogP contribution is -2.56. The molecule has 0 saturated carbocycles. The van der Waals surface area contributed by atoms with Crippen molar-refractivity contribution in [3.63, 3.8) is 0 Å². The Morgan fingerprint density at radius 2 is 1.65 bits per heavy atom. The van der Waals surface area contributed by atoms with Crippen molar-refractivity contribution in [2.45, 2.75) is 63.7 Å². The third-order valence-corrected chi connectivity index (χ3v) is 5.46. The number of rotatable bonds is 13. The highest BCUT2D eigenvalue weighted by molar-refractivity contribution is 5.94. The predicted molar refractivity (Wildman–Crippen MR) is 128 cm³/mol. The minimum absolute atomic E-state index is 0.116. The van der Waals surface area contributed by atoms with Gasteiger partial charge in [0.2, 0.25) is 17.7 Å². The Labute approximate surface area is 198 Å². The lowest BCUT2D eigenvalue weighted by molar-refractivity contribution is -0.142. The topological polar surface area (TPSA) is 192 Å². The van der Waals surface area contributed by atoms with E-state index < -0.39 is 47.9 Å². The predicted octanol–water partition coefficient (Wildman–Crippen LogP) is -0.254. The van der Waals surface area contributed by atoms with Gasteiger partial charge in [0.25, 0.3) is 0 Å². The van der Waals surface area contributed by atoms with E-state index in [1.165, 1.54) is 13.8 Å². The van der Waals surface area contributed by atoms with Gasteiger partial charge in [-0.05, 0) is 51.3 Å². The van der Waals surface area contributed by atoms with Crippen molar-refractivity contribution in [3.05, 3.63) is 36.0 Å². The van der Waals surface area contributed by atoms with Crippen LogP contribution in [0.15, 0.2) is 30.5 Å². The molecule has 0 aliphatic heterocycles. The second-order valence-corrected chi connectivity index (χ2v) is 8.33. The highest BCUT2D eigenvalue weighted by Gasteiger charge is 2.29. The number of nitrogens with two attached hydrogens (primary N) is 2. The molecule has 4 atom stereocenters. The first kappa shape index (κ1) is 26.8.